The zero-order chi connectivity index (χ0) is 10.1. The maximum atomic E-state index is 10.7. The molecule has 2 N–H and O–H groups in total. The van der Waals surface area contributed by atoms with Gasteiger partial charge in [0.15, 0.2) is 0 Å². The molecule has 0 unspecified atom stereocenters. The summed E-state index contributed by atoms with van der Waals surface area (Å²) in [6, 6.07) is -0.379. The number of nitrogens with two attached hydrogens (primary N) is 1. The van der Waals surface area contributed by atoms with Gasteiger partial charge in [-0.05, 0) is 25.4 Å². The molecule has 0 saturated carbocycles. The van der Waals surface area contributed by atoms with Gasteiger partial charge in [0.2, 0.25) is 0 Å². The molecule has 0 rings (SSSR count). The van der Waals surface area contributed by atoms with Crippen molar-refractivity contribution in [3.8, 4) is 0 Å². The van der Waals surface area contributed by atoms with Gasteiger partial charge in [-0.15, -0.1) is 0 Å². The van der Waals surface area contributed by atoms with Gasteiger partial charge in [-0.3, -0.25) is 4.79 Å². The average molecular weight is 205 g/mol. The summed E-state index contributed by atoms with van der Waals surface area (Å²) >= 11 is 1.29. The molecule has 0 aliphatic rings. The van der Waals surface area contributed by atoms with Crippen LogP contribution < -0.4 is 5.73 Å². The molecular formula is C9H19NO2S. The molecule has 0 aromatic heterocycles. The third-order valence-corrected chi connectivity index (χ3v) is 2.51. The smallest absolute Gasteiger partial charge is 0.147 e. The van der Waals surface area contributed by atoms with Crippen molar-refractivity contribution < 1.29 is 8.98 Å². The van der Waals surface area contributed by atoms with Crippen LogP contribution in [-0.4, -0.2) is 24.2 Å². The third-order valence-electron chi connectivity index (χ3n) is 1.68. The fourth-order valence-electron chi connectivity index (χ4n) is 0.709. The van der Waals surface area contributed by atoms with E-state index in [4.69, 9.17) is 9.92 Å². The van der Waals surface area contributed by atoms with Crippen molar-refractivity contribution in [2.45, 2.75) is 39.2 Å². The van der Waals surface area contributed by atoms with Gasteiger partial charge in [-0.25, -0.2) is 0 Å². The van der Waals surface area contributed by atoms with Gasteiger partial charge in [0.25, 0.3) is 0 Å². The van der Waals surface area contributed by atoms with Crippen LogP contribution in [0.1, 0.15) is 33.1 Å². The average Bonchev–Trinajstić information content (AvgIpc) is 2.10. The van der Waals surface area contributed by atoms with Crippen LogP contribution in [0.2, 0.25) is 0 Å². The van der Waals surface area contributed by atoms with Crippen LogP contribution >= 0.6 is 12.0 Å². The molecule has 0 aliphatic heterocycles. The highest BCUT2D eigenvalue weighted by Gasteiger charge is 2.07. The van der Waals surface area contributed by atoms with Gasteiger partial charge in [0, 0.05) is 5.75 Å². The Labute approximate surface area is 84.6 Å². The Morgan fingerprint density at radius 1 is 1.54 bits per heavy atom. The molecule has 0 amide bonds. The number of hydrogen-bond donors (Lipinski definition) is 1. The van der Waals surface area contributed by atoms with Crippen molar-refractivity contribution in [3.05, 3.63) is 0 Å². The highest BCUT2D eigenvalue weighted by Crippen LogP contribution is 2.06. The minimum absolute atomic E-state index is 0.0182. The Kier molecular flexibility index (Phi) is 8.49. The summed E-state index contributed by atoms with van der Waals surface area (Å²) in [5, 5.41) is 0. The predicted octanol–water partition coefficient (Wildman–Crippen LogP) is 1.76. The van der Waals surface area contributed by atoms with Gasteiger partial charge in [-0.1, -0.05) is 19.8 Å². The summed E-state index contributed by atoms with van der Waals surface area (Å²) in [7, 11) is 0. The summed E-state index contributed by atoms with van der Waals surface area (Å²) in [6.45, 7) is 4.41. The van der Waals surface area contributed by atoms with E-state index in [2.05, 4.69) is 6.92 Å². The van der Waals surface area contributed by atoms with Crippen molar-refractivity contribution in [3.63, 3.8) is 0 Å². The lowest BCUT2D eigenvalue weighted by Crippen LogP contribution is -2.30. The first kappa shape index (κ1) is 12.9. The third kappa shape index (κ3) is 8.28. The maximum Gasteiger partial charge on any atom is 0.147 e. The molecule has 0 heterocycles. The minimum atomic E-state index is -0.379. The number of hydrogen-bond acceptors (Lipinski definition) is 4. The van der Waals surface area contributed by atoms with Crippen molar-refractivity contribution in [1.29, 1.82) is 0 Å². The summed E-state index contributed by atoms with van der Waals surface area (Å²) in [5.74, 6) is 0.575. The lowest BCUT2D eigenvalue weighted by molar-refractivity contribution is -0.117. The Morgan fingerprint density at radius 2 is 2.23 bits per heavy atom. The molecule has 1 atom stereocenters. The normalized spacial score (nSPS) is 12.8. The Morgan fingerprint density at radius 3 is 2.77 bits per heavy atom. The zero-order valence-corrected chi connectivity index (χ0v) is 9.23. The van der Waals surface area contributed by atoms with E-state index in [1.54, 1.807) is 0 Å². The van der Waals surface area contributed by atoms with Crippen LogP contribution in [0, 0.1) is 0 Å². The van der Waals surface area contributed by atoms with Crippen LogP contribution in [0.5, 0.6) is 0 Å². The van der Waals surface area contributed by atoms with E-state index in [1.165, 1.54) is 31.8 Å². The van der Waals surface area contributed by atoms with E-state index in [-0.39, 0.29) is 11.8 Å². The molecule has 0 fully saturated rings. The van der Waals surface area contributed by atoms with Crippen LogP contribution in [0.3, 0.4) is 0 Å². The molecule has 13 heavy (non-hydrogen) atoms. The van der Waals surface area contributed by atoms with E-state index in [9.17, 15) is 4.79 Å². The SMILES string of the molecule is CCCCCOSC[C@H](N)C(C)=O. The van der Waals surface area contributed by atoms with Crippen molar-refractivity contribution >= 4 is 17.8 Å². The van der Waals surface area contributed by atoms with Gasteiger partial charge in [0.05, 0.1) is 12.6 Å². The Hall–Kier alpha value is -0.0600. The second-order valence-corrected chi connectivity index (χ2v) is 3.84. The Bertz CT molecular complexity index is 142. The van der Waals surface area contributed by atoms with Crippen LogP contribution in [0.15, 0.2) is 0 Å². The van der Waals surface area contributed by atoms with Crippen LogP contribution in [-0.2, 0) is 8.98 Å². The highest BCUT2D eigenvalue weighted by atomic mass is 32.2. The van der Waals surface area contributed by atoms with E-state index in [0.29, 0.717) is 5.75 Å². The molecule has 3 nitrogen and oxygen atoms in total. The van der Waals surface area contributed by atoms with Gasteiger partial charge < -0.3 is 9.92 Å². The van der Waals surface area contributed by atoms with Gasteiger partial charge in [0.1, 0.15) is 5.78 Å². The monoisotopic (exact) mass is 205 g/mol. The topological polar surface area (TPSA) is 52.3 Å². The highest BCUT2D eigenvalue weighted by molar-refractivity contribution is 7.94. The first-order valence-electron chi connectivity index (χ1n) is 4.69. The second kappa shape index (κ2) is 8.53. The molecular weight excluding hydrogens is 186 g/mol. The van der Waals surface area contributed by atoms with E-state index in [0.717, 1.165) is 13.0 Å². The molecule has 4 heteroatoms. The summed E-state index contributed by atoms with van der Waals surface area (Å²) in [5.41, 5.74) is 5.51. The minimum Gasteiger partial charge on any atom is -0.321 e. The summed E-state index contributed by atoms with van der Waals surface area (Å²) < 4.78 is 5.24. The van der Waals surface area contributed by atoms with Crippen LogP contribution in [0.4, 0.5) is 0 Å². The van der Waals surface area contributed by atoms with Crippen LogP contribution in [0.25, 0.3) is 0 Å². The lowest BCUT2D eigenvalue weighted by atomic mass is 10.3. The lowest BCUT2D eigenvalue weighted by Gasteiger charge is -2.06. The number of ketones is 1. The number of unbranched alkanes of at least 4 members (excludes halogenated alkanes) is 2. The van der Waals surface area contributed by atoms with Crippen molar-refractivity contribution in [2.75, 3.05) is 12.4 Å². The molecule has 0 radical (unpaired) electrons. The standard InChI is InChI=1S/C9H19NO2S/c1-3-4-5-6-12-13-7-9(10)8(2)11/h9H,3-7,10H2,1-2H3/t9-/m0/s1. The summed E-state index contributed by atoms with van der Waals surface area (Å²) in [6.07, 6.45) is 3.47. The zero-order valence-electron chi connectivity index (χ0n) is 8.41. The first-order valence-corrected chi connectivity index (χ1v) is 5.60. The number of Topliss-reactive ketones (excluding diaryl/α,β-unsaturated/α-hetero) is 1. The Balaban J connectivity index is 3.11. The second-order valence-electron chi connectivity index (χ2n) is 3.03. The van der Waals surface area contributed by atoms with E-state index < -0.39 is 0 Å². The number of rotatable bonds is 8. The molecule has 78 valence electrons. The van der Waals surface area contributed by atoms with E-state index >= 15 is 0 Å². The number of carbonyl (C=O) groups is 1. The van der Waals surface area contributed by atoms with Gasteiger partial charge in [-0.2, -0.15) is 0 Å². The fraction of sp³-hybridized carbons (Fsp3) is 0.889. The number of carbonyl (C=O) groups excluding carboxylic acids is 1. The van der Waals surface area contributed by atoms with Crippen molar-refractivity contribution in [2.24, 2.45) is 5.73 Å². The summed E-state index contributed by atoms with van der Waals surface area (Å²) in [4.78, 5) is 10.7. The fourth-order valence-corrected chi connectivity index (χ4v) is 1.42. The maximum absolute atomic E-state index is 10.7. The largest absolute Gasteiger partial charge is 0.321 e. The predicted molar refractivity (Wildman–Crippen MR) is 56.6 cm³/mol. The molecule has 0 aromatic carbocycles. The molecule has 0 aliphatic carbocycles. The van der Waals surface area contributed by atoms with Gasteiger partial charge >= 0.3 is 0 Å². The molecule has 0 aromatic rings. The molecule has 0 saturated heterocycles. The quantitative estimate of drug-likeness (QED) is 0.484. The van der Waals surface area contributed by atoms with E-state index in [1.807, 2.05) is 0 Å². The van der Waals surface area contributed by atoms with Crippen molar-refractivity contribution in [1.82, 2.24) is 0 Å². The first-order chi connectivity index (χ1) is 6.18. The molecule has 0 spiro atoms. The molecule has 0 bridgehead atoms.